The van der Waals surface area contributed by atoms with E-state index in [0.29, 0.717) is 136 Å². The Labute approximate surface area is 523 Å². The van der Waals surface area contributed by atoms with Gasteiger partial charge in [0.1, 0.15) is 29.9 Å². The van der Waals surface area contributed by atoms with Gasteiger partial charge in [0, 0.05) is 75.9 Å². The van der Waals surface area contributed by atoms with Crippen LogP contribution >= 0.6 is 34.5 Å². The fraction of sp³-hybridized carbons (Fsp3) is 0.476. The largest absolute Gasteiger partial charge is 0.497 e. The third-order valence-electron chi connectivity index (χ3n) is 14.8. The molecule has 3 N–H and O–H groups in total. The lowest BCUT2D eigenvalue weighted by Gasteiger charge is -2.32. The molecule has 2 fully saturated rings. The van der Waals surface area contributed by atoms with Crippen molar-refractivity contribution in [2.24, 2.45) is 5.92 Å². The number of nitrogens with zero attached hydrogens (tertiary/aromatic N) is 8. The van der Waals surface area contributed by atoms with Crippen LogP contribution in [0.25, 0.3) is 0 Å². The number of hydrogen-bond acceptors (Lipinski definition) is 16. The van der Waals surface area contributed by atoms with E-state index in [1.807, 2.05) is 66.7 Å². The highest BCUT2D eigenvalue weighted by atomic mass is 35.5. The van der Waals surface area contributed by atoms with Crippen LogP contribution in [0.4, 0.5) is 15.6 Å². The number of amides is 5. The Kier molecular flexibility index (Phi) is 26.7. The summed E-state index contributed by atoms with van der Waals surface area (Å²) in [5.41, 5.74) is 4.60. The van der Waals surface area contributed by atoms with Crippen LogP contribution in [0.2, 0.25) is 10.0 Å². The number of aromatic nitrogens is 4. The third kappa shape index (κ3) is 23.0. The number of nitrogens with one attached hydrogen (secondary N) is 3. The second-order valence-electron chi connectivity index (χ2n) is 21.7. The minimum atomic E-state index is -0.874. The minimum Gasteiger partial charge on any atom is -0.497 e. The summed E-state index contributed by atoms with van der Waals surface area (Å²) in [7, 11) is 5.75. The third-order valence-corrected chi connectivity index (χ3v) is 16.3. The van der Waals surface area contributed by atoms with Gasteiger partial charge in [-0.15, -0.1) is 16.4 Å². The van der Waals surface area contributed by atoms with Crippen molar-refractivity contribution in [3.8, 4) is 17.2 Å². The predicted molar refractivity (Wildman–Crippen MR) is 336 cm³/mol. The summed E-state index contributed by atoms with van der Waals surface area (Å²) in [4.78, 5) is 65.9. The molecule has 0 radical (unpaired) electrons. The zero-order valence-electron chi connectivity index (χ0n) is 50.0. The normalized spacial score (nSPS) is 13.7. The van der Waals surface area contributed by atoms with Gasteiger partial charge in [-0.1, -0.05) is 58.7 Å². The van der Waals surface area contributed by atoms with Crippen LogP contribution in [0.15, 0.2) is 103 Å². The SMILES string of the molecule is COc1ccc(CNC(=O)C(c2ccc(Cl)c(Cl)c2)N(CC2CC2)C(=O)CCc2ccc(OCCCCN(C)CCOCCOCCc3cn(CCOCCOc4ccc(NC(=O)Nc5nc(CC(=O)N6CCN(C)CC6)cs5)cc4)nn3)cc2)cc1. The number of aryl methyl sites for hydroxylation is 1. The van der Waals surface area contributed by atoms with Crippen LogP contribution in [-0.2, 0) is 60.9 Å². The number of urea groups is 1. The Morgan fingerprint density at radius 3 is 2.15 bits per heavy atom. The summed E-state index contributed by atoms with van der Waals surface area (Å²) >= 11 is 14.0. The molecule has 0 spiro atoms. The van der Waals surface area contributed by atoms with Crippen LogP contribution in [0.3, 0.4) is 0 Å². The van der Waals surface area contributed by atoms with Crippen molar-refractivity contribution in [2.45, 2.75) is 70.5 Å². The van der Waals surface area contributed by atoms with Crippen molar-refractivity contribution < 1.29 is 47.6 Å². The molecule has 1 aliphatic carbocycles. The number of halogens is 2. The van der Waals surface area contributed by atoms with Crippen molar-refractivity contribution in [1.29, 1.82) is 0 Å². The molecule has 87 heavy (non-hydrogen) atoms. The number of thiazole rings is 1. The summed E-state index contributed by atoms with van der Waals surface area (Å²) in [5.74, 6) is 2.16. The average Bonchev–Trinajstić information content (AvgIpc) is 3.02. The summed E-state index contributed by atoms with van der Waals surface area (Å²) in [6, 6.07) is 26.2. The van der Waals surface area contributed by atoms with E-state index in [9.17, 15) is 19.2 Å². The first-order valence-corrected chi connectivity index (χ1v) is 31.4. The lowest BCUT2D eigenvalue weighted by Crippen LogP contribution is -2.47. The maximum Gasteiger partial charge on any atom is 0.325 e. The quantitative estimate of drug-likeness (QED) is 0.0311. The van der Waals surface area contributed by atoms with Crippen LogP contribution in [0, 0.1) is 5.92 Å². The number of hydrogen-bond donors (Lipinski definition) is 3. The molecule has 0 bridgehead atoms. The van der Waals surface area contributed by atoms with E-state index in [1.54, 1.807) is 64.5 Å². The zero-order valence-corrected chi connectivity index (χ0v) is 52.3. The number of piperazine rings is 1. The lowest BCUT2D eigenvalue weighted by atomic mass is 10.0. The molecule has 5 amide bonds. The molecule has 24 heteroatoms. The average molecular weight is 1260 g/mol. The first-order valence-electron chi connectivity index (χ1n) is 29.7. The number of carbonyl (C=O) groups excluding carboxylic acids is 4. The molecule has 1 unspecified atom stereocenters. The van der Waals surface area contributed by atoms with Crippen LogP contribution in [0.5, 0.6) is 17.2 Å². The molecular formula is C63H81Cl2N11O10S. The van der Waals surface area contributed by atoms with Crippen molar-refractivity contribution in [3.63, 3.8) is 0 Å². The van der Waals surface area contributed by atoms with Crippen LogP contribution in [0.1, 0.15) is 66.2 Å². The number of methoxy groups -OCH3 is 1. The summed E-state index contributed by atoms with van der Waals surface area (Å²) in [6.07, 6.45) is 7.42. The van der Waals surface area contributed by atoms with E-state index < -0.39 is 12.1 Å². The summed E-state index contributed by atoms with van der Waals surface area (Å²) in [6.45, 7) is 10.1. The van der Waals surface area contributed by atoms with Crippen molar-refractivity contribution >= 4 is 69.1 Å². The number of rotatable bonds is 37. The fourth-order valence-corrected chi connectivity index (χ4v) is 10.5. The second-order valence-corrected chi connectivity index (χ2v) is 23.3. The van der Waals surface area contributed by atoms with Gasteiger partial charge in [0.05, 0.1) is 87.8 Å². The van der Waals surface area contributed by atoms with Gasteiger partial charge in [-0.25, -0.2) is 14.5 Å². The summed E-state index contributed by atoms with van der Waals surface area (Å²) < 4.78 is 36.2. The highest BCUT2D eigenvalue weighted by molar-refractivity contribution is 7.14. The van der Waals surface area contributed by atoms with Gasteiger partial charge in [-0.3, -0.25) is 19.7 Å². The Balaban J connectivity index is 0.611. The van der Waals surface area contributed by atoms with Gasteiger partial charge in [0.2, 0.25) is 17.7 Å². The maximum atomic E-state index is 14.1. The van der Waals surface area contributed by atoms with E-state index >= 15 is 0 Å². The number of likely N-dealkylation sites (N-methyl/N-ethyl adjacent to an activating group) is 2. The molecule has 8 rings (SSSR count). The number of benzene rings is 4. The molecular weight excluding hydrogens is 1170 g/mol. The Bertz CT molecular complexity index is 3070. The fourth-order valence-electron chi connectivity index (χ4n) is 9.47. The molecule has 1 saturated heterocycles. The molecule has 1 atom stereocenters. The topological polar surface area (TPSA) is 216 Å². The zero-order chi connectivity index (χ0) is 61.2. The summed E-state index contributed by atoms with van der Waals surface area (Å²) in [5, 5.41) is 20.0. The lowest BCUT2D eigenvalue weighted by molar-refractivity contribution is -0.141. The van der Waals surface area contributed by atoms with Crippen LogP contribution < -0.4 is 30.2 Å². The Hall–Kier alpha value is -6.89. The van der Waals surface area contributed by atoms with E-state index in [2.05, 4.69) is 48.1 Å². The van der Waals surface area contributed by atoms with Gasteiger partial charge in [-0.05, 0) is 136 Å². The molecule has 1 aliphatic heterocycles. The predicted octanol–water partition coefficient (Wildman–Crippen LogP) is 8.70. The molecule has 6 aromatic rings. The highest BCUT2D eigenvalue weighted by Gasteiger charge is 2.36. The van der Waals surface area contributed by atoms with Crippen molar-refractivity contribution in [3.05, 3.63) is 141 Å². The first-order chi connectivity index (χ1) is 42.3. The van der Waals surface area contributed by atoms with Gasteiger partial charge in [0.25, 0.3) is 0 Å². The van der Waals surface area contributed by atoms with Gasteiger partial charge < -0.3 is 58.7 Å². The molecule has 3 heterocycles. The maximum absolute atomic E-state index is 14.1. The molecule has 468 valence electrons. The molecule has 1 saturated carbocycles. The van der Waals surface area contributed by atoms with E-state index in [4.69, 9.17) is 51.6 Å². The Morgan fingerprint density at radius 2 is 1.41 bits per heavy atom. The highest BCUT2D eigenvalue weighted by Crippen LogP contribution is 2.35. The van der Waals surface area contributed by atoms with Gasteiger partial charge in [-0.2, -0.15) is 0 Å². The Morgan fingerprint density at radius 1 is 0.724 bits per heavy atom. The van der Waals surface area contributed by atoms with E-state index in [-0.39, 0.29) is 37.1 Å². The van der Waals surface area contributed by atoms with Crippen LogP contribution in [-0.4, -0.2) is 183 Å². The number of anilines is 2. The van der Waals surface area contributed by atoms with E-state index in [1.165, 1.54) is 11.3 Å². The first kappa shape index (κ1) is 66.1. The van der Waals surface area contributed by atoms with Crippen molar-refractivity contribution in [1.82, 2.24) is 44.9 Å². The minimum absolute atomic E-state index is 0.0453. The second kappa shape index (κ2) is 35.2. The molecule has 2 aromatic heterocycles. The van der Waals surface area contributed by atoms with Crippen molar-refractivity contribution in [2.75, 3.05) is 131 Å². The number of carbonyl (C=O) groups is 4. The molecule has 2 aliphatic rings. The van der Waals surface area contributed by atoms with E-state index in [0.717, 1.165) is 80.2 Å². The smallest absolute Gasteiger partial charge is 0.325 e. The van der Waals surface area contributed by atoms with Gasteiger partial charge >= 0.3 is 6.03 Å². The molecule has 4 aromatic carbocycles. The molecule has 21 nitrogen and oxygen atoms in total. The number of ether oxygens (including phenoxy) is 6. The standard InChI is InChI=1S/C63H81Cl2N11O10S/c1-72(25-4-5-32-85-54-18-8-46(9-19-54)12-23-58(77)76(43-48-6-7-48)60(49-13-22-56(64)57(65)40-49)61(79)66-42-47-10-16-53(81-3)17-11-47)30-34-83-37-36-82-33-24-51-44-75(71-70-51)31-35-84-38-39-86-55-20-14-50(15-21-55)67-62(80)69-63-68-52(45-87-63)41-59(78)74-28-26-73(2)27-29-74/h8-11,13-22,40,44-45,48,60H,4-7,12,23-39,41-43H2,1-3H3,(H,66,79)(H2,67,68,69,80). The monoisotopic (exact) mass is 1250 g/mol. The van der Waals surface area contributed by atoms with Gasteiger partial charge in [0.15, 0.2) is 5.13 Å². The number of unbranched alkanes of at least 4 members (excludes halogenated alkanes) is 1.